The van der Waals surface area contributed by atoms with E-state index in [2.05, 4.69) is 45.0 Å². The molecule has 0 bridgehead atoms. The molecule has 0 saturated carbocycles. The molecule has 0 aliphatic rings. The van der Waals surface area contributed by atoms with Crippen LogP contribution in [0, 0.1) is 0 Å². The van der Waals surface area contributed by atoms with Gasteiger partial charge >= 0.3 is 0 Å². The Morgan fingerprint density at radius 1 is 1.00 bits per heavy atom. The van der Waals surface area contributed by atoms with Crippen molar-refractivity contribution in [1.82, 2.24) is 0 Å². The van der Waals surface area contributed by atoms with Crippen LogP contribution < -0.4 is 0 Å². The third-order valence-electron chi connectivity index (χ3n) is 2.65. The van der Waals surface area contributed by atoms with E-state index >= 15 is 0 Å². The van der Waals surface area contributed by atoms with Gasteiger partial charge in [-0.1, -0.05) is 56.6 Å². The molecule has 0 fully saturated rings. The molecule has 2 aromatic rings. The van der Waals surface area contributed by atoms with E-state index in [1.165, 1.54) is 16.3 Å². The fourth-order valence-corrected chi connectivity index (χ4v) is 2.09. The molecule has 0 N–H and O–H groups in total. The van der Waals surface area contributed by atoms with Gasteiger partial charge in [0, 0.05) is 5.02 Å². The molecule has 0 nitrogen and oxygen atoms in total. The molecular weight excluding hydrogens is 204 g/mol. The quantitative estimate of drug-likeness (QED) is 0.597. The van der Waals surface area contributed by atoms with Gasteiger partial charge in [-0.05, 0) is 33.9 Å². The highest BCUT2D eigenvalue weighted by molar-refractivity contribution is 6.31. The Bertz CT molecular complexity index is 492. The Morgan fingerprint density at radius 2 is 1.73 bits per heavy atom. The number of halogens is 1. The van der Waals surface area contributed by atoms with Gasteiger partial charge in [-0.2, -0.15) is 0 Å². The normalized spacial score (nSPS) is 12.0. The summed E-state index contributed by atoms with van der Waals surface area (Å²) in [7, 11) is 0. The first-order valence-electron chi connectivity index (χ1n) is 5.17. The summed E-state index contributed by atoms with van der Waals surface area (Å²) in [6.45, 7) is 6.70. The molecule has 78 valence electrons. The predicted molar refractivity (Wildman–Crippen MR) is 67.7 cm³/mol. The van der Waals surface area contributed by atoms with Gasteiger partial charge in [0.05, 0.1) is 0 Å². The Morgan fingerprint density at radius 3 is 2.40 bits per heavy atom. The minimum Gasteiger partial charge on any atom is -0.0843 e. The molecule has 0 atom stereocenters. The molecule has 2 rings (SSSR count). The zero-order valence-corrected chi connectivity index (χ0v) is 10.1. The summed E-state index contributed by atoms with van der Waals surface area (Å²) in [5, 5.41) is 3.32. The monoisotopic (exact) mass is 218 g/mol. The first kappa shape index (κ1) is 10.5. The van der Waals surface area contributed by atoms with Crippen molar-refractivity contribution in [3.8, 4) is 0 Å². The molecule has 0 saturated heterocycles. The largest absolute Gasteiger partial charge is 0.0843 e. The van der Waals surface area contributed by atoms with E-state index in [1.807, 2.05) is 12.1 Å². The van der Waals surface area contributed by atoms with Crippen LogP contribution in [-0.2, 0) is 5.41 Å². The van der Waals surface area contributed by atoms with Crippen molar-refractivity contribution in [2.24, 2.45) is 0 Å². The lowest BCUT2D eigenvalue weighted by molar-refractivity contribution is 0.596. The zero-order chi connectivity index (χ0) is 11.1. The topological polar surface area (TPSA) is 0 Å². The second kappa shape index (κ2) is 3.53. The van der Waals surface area contributed by atoms with Crippen LogP contribution >= 0.6 is 11.6 Å². The second-order valence-corrected chi connectivity index (χ2v) is 5.36. The molecular formula is C14H15Cl. The predicted octanol–water partition coefficient (Wildman–Crippen LogP) is 4.79. The molecule has 0 spiro atoms. The van der Waals surface area contributed by atoms with Crippen molar-refractivity contribution < 1.29 is 0 Å². The number of benzene rings is 2. The molecule has 1 heteroatoms. The Balaban J connectivity index is 2.77. The fraction of sp³-hybridized carbons (Fsp3) is 0.286. The first-order valence-corrected chi connectivity index (χ1v) is 5.55. The van der Waals surface area contributed by atoms with Crippen LogP contribution in [0.15, 0.2) is 36.4 Å². The first-order chi connectivity index (χ1) is 6.98. The Kier molecular flexibility index (Phi) is 2.47. The highest BCUT2D eigenvalue weighted by Gasteiger charge is 2.16. The van der Waals surface area contributed by atoms with Crippen LogP contribution in [0.4, 0.5) is 0 Å². The van der Waals surface area contributed by atoms with Crippen LogP contribution in [0.25, 0.3) is 10.8 Å². The molecule has 0 aromatic heterocycles. The van der Waals surface area contributed by atoms with E-state index in [1.54, 1.807) is 0 Å². The maximum absolute atomic E-state index is 5.99. The molecule has 0 heterocycles. The van der Waals surface area contributed by atoms with Gasteiger partial charge in [-0.3, -0.25) is 0 Å². The minimum absolute atomic E-state index is 0.174. The van der Waals surface area contributed by atoms with E-state index in [-0.39, 0.29) is 5.41 Å². The van der Waals surface area contributed by atoms with Crippen molar-refractivity contribution in [3.63, 3.8) is 0 Å². The lowest BCUT2D eigenvalue weighted by Gasteiger charge is -2.21. The molecule has 0 unspecified atom stereocenters. The molecule has 0 radical (unpaired) electrons. The second-order valence-electron chi connectivity index (χ2n) is 4.92. The van der Waals surface area contributed by atoms with E-state index in [4.69, 9.17) is 11.6 Å². The SMILES string of the molecule is CC(C)(C)c1cccc2cc(Cl)ccc12. The van der Waals surface area contributed by atoms with Crippen molar-refractivity contribution in [1.29, 1.82) is 0 Å². The minimum atomic E-state index is 0.174. The summed E-state index contributed by atoms with van der Waals surface area (Å²) in [6.07, 6.45) is 0. The van der Waals surface area contributed by atoms with E-state index in [0.29, 0.717) is 0 Å². The summed E-state index contributed by atoms with van der Waals surface area (Å²) >= 11 is 5.99. The third-order valence-corrected chi connectivity index (χ3v) is 2.89. The van der Waals surface area contributed by atoms with Crippen LogP contribution in [0.3, 0.4) is 0 Å². The third kappa shape index (κ3) is 2.00. The highest BCUT2D eigenvalue weighted by atomic mass is 35.5. The van der Waals surface area contributed by atoms with Crippen LogP contribution in [-0.4, -0.2) is 0 Å². The molecule has 0 aliphatic carbocycles. The van der Waals surface area contributed by atoms with Crippen molar-refractivity contribution in [3.05, 3.63) is 47.0 Å². The number of hydrogen-bond acceptors (Lipinski definition) is 0. The molecule has 2 aromatic carbocycles. The van der Waals surface area contributed by atoms with Gasteiger partial charge < -0.3 is 0 Å². The summed E-state index contributed by atoms with van der Waals surface area (Å²) in [5.41, 5.74) is 1.55. The maximum atomic E-state index is 5.99. The number of rotatable bonds is 0. The van der Waals surface area contributed by atoms with Crippen molar-refractivity contribution >= 4 is 22.4 Å². The van der Waals surface area contributed by atoms with Gasteiger partial charge in [0.1, 0.15) is 0 Å². The Labute approximate surface area is 95.9 Å². The maximum Gasteiger partial charge on any atom is 0.0412 e. The van der Waals surface area contributed by atoms with Gasteiger partial charge in [0.2, 0.25) is 0 Å². The number of hydrogen-bond donors (Lipinski definition) is 0. The smallest absolute Gasteiger partial charge is 0.0412 e. The lowest BCUT2D eigenvalue weighted by Crippen LogP contribution is -2.11. The average molecular weight is 219 g/mol. The molecule has 0 aliphatic heterocycles. The van der Waals surface area contributed by atoms with Crippen molar-refractivity contribution in [2.75, 3.05) is 0 Å². The lowest BCUT2D eigenvalue weighted by atomic mass is 9.84. The number of fused-ring (bicyclic) bond motifs is 1. The van der Waals surface area contributed by atoms with E-state index in [9.17, 15) is 0 Å². The summed E-state index contributed by atoms with van der Waals surface area (Å²) < 4.78 is 0. The van der Waals surface area contributed by atoms with Crippen LogP contribution in [0.1, 0.15) is 26.3 Å². The average Bonchev–Trinajstić information content (AvgIpc) is 2.15. The van der Waals surface area contributed by atoms with Gasteiger partial charge in [0.15, 0.2) is 0 Å². The van der Waals surface area contributed by atoms with Crippen LogP contribution in [0.5, 0.6) is 0 Å². The summed E-state index contributed by atoms with van der Waals surface area (Å²) in [5.74, 6) is 0. The van der Waals surface area contributed by atoms with Crippen LogP contribution in [0.2, 0.25) is 5.02 Å². The van der Waals surface area contributed by atoms with E-state index < -0.39 is 0 Å². The van der Waals surface area contributed by atoms with Gasteiger partial charge in [-0.25, -0.2) is 0 Å². The summed E-state index contributed by atoms with van der Waals surface area (Å²) in [6, 6.07) is 12.5. The molecule has 0 amide bonds. The standard InChI is InChI=1S/C14H15Cl/c1-14(2,3)13-6-4-5-10-9-11(15)7-8-12(10)13/h4-9H,1-3H3. The Hall–Kier alpha value is -1.01. The van der Waals surface area contributed by atoms with E-state index in [0.717, 1.165) is 5.02 Å². The molecule has 15 heavy (non-hydrogen) atoms. The fourth-order valence-electron chi connectivity index (χ4n) is 1.91. The highest BCUT2D eigenvalue weighted by Crippen LogP contribution is 2.30. The van der Waals surface area contributed by atoms with Gasteiger partial charge in [-0.15, -0.1) is 0 Å². The summed E-state index contributed by atoms with van der Waals surface area (Å²) in [4.78, 5) is 0. The van der Waals surface area contributed by atoms with Gasteiger partial charge in [0.25, 0.3) is 0 Å². The van der Waals surface area contributed by atoms with Crippen molar-refractivity contribution in [2.45, 2.75) is 26.2 Å². The zero-order valence-electron chi connectivity index (χ0n) is 9.34.